The minimum Gasteiger partial charge on any atom is -0.510 e. The van der Waals surface area contributed by atoms with Crippen LogP contribution in [0.3, 0.4) is 0 Å². The van der Waals surface area contributed by atoms with Crippen molar-refractivity contribution in [3.05, 3.63) is 52.0 Å². The highest BCUT2D eigenvalue weighted by molar-refractivity contribution is 6.25. The lowest BCUT2D eigenvalue weighted by molar-refractivity contribution is -0.173. The highest BCUT2D eigenvalue weighted by Crippen LogP contribution is 2.56. The van der Waals surface area contributed by atoms with Gasteiger partial charge < -0.3 is 41.5 Å². The highest BCUT2D eigenvalue weighted by atomic mass is 16.4. The molecule has 9 N–H and O–H groups in total. The average Bonchev–Trinajstić information content (AvgIpc) is 2.77. The third-order valence-corrected chi connectivity index (χ3v) is 7.04. The number of carbonyl (C=O) groups is 3. The van der Waals surface area contributed by atoms with Crippen molar-refractivity contribution in [2.45, 2.75) is 30.3 Å². The Morgan fingerprint density at radius 3 is 2.17 bits per heavy atom. The number of aliphatic hydroxyl groups is 6. The summed E-state index contributed by atoms with van der Waals surface area (Å²) < 4.78 is 0. The van der Waals surface area contributed by atoms with Gasteiger partial charge >= 0.3 is 0 Å². The van der Waals surface area contributed by atoms with E-state index in [1.807, 2.05) is 0 Å². The van der Waals surface area contributed by atoms with Crippen molar-refractivity contribution < 1.29 is 50.1 Å². The Morgan fingerprint density at radius 2 is 1.66 bits per heavy atom. The second-order valence-electron chi connectivity index (χ2n) is 9.06. The molecule has 3 aliphatic rings. The van der Waals surface area contributed by atoms with Crippen molar-refractivity contribution in [3.63, 3.8) is 0 Å². The molecular weight excluding hydrogens is 464 g/mol. The lowest BCUT2D eigenvalue weighted by Gasteiger charge is -2.55. The number of aromatic hydroxyl groups is 1. The Kier molecular flexibility index (Phi) is 6.34. The van der Waals surface area contributed by atoms with E-state index in [0.717, 1.165) is 7.11 Å². The van der Waals surface area contributed by atoms with Crippen molar-refractivity contribution in [2.24, 2.45) is 17.6 Å². The normalized spacial score (nSPS) is 34.1. The van der Waals surface area contributed by atoms with Gasteiger partial charge in [0.25, 0.3) is 5.91 Å². The number of primary amides is 1. The zero-order chi connectivity index (χ0) is 26.8. The standard InChI is InChI=1S/C22H24N2O9.CH4O/c1-21(32)7-5-4-6-8(25)9(7)15(26)10-12(21)17(28)13-14(24(2)3)16(27)11(20(23)31)19(30)22(13,33)18(10)29;1-2/h4-6,12-14,17,25,27-29,32-33H,1-3H3,(H2,23,31);2H,1H3/t12-,13-,14+,17+,21-,22+;/m1./s1. The zero-order valence-corrected chi connectivity index (χ0v) is 19.4. The molecule has 0 unspecified atom stereocenters. The summed E-state index contributed by atoms with van der Waals surface area (Å²) in [4.78, 5) is 39.8. The fraction of sp³-hybridized carbons (Fsp3) is 0.435. The van der Waals surface area contributed by atoms with Gasteiger partial charge in [-0.15, -0.1) is 0 Å². The second kappa shape index (κ2) is 8.43. The molecule has 4 rings (SSSR count). The first-order valence-corrected chi connectivity index (χ1v) is 10.5. The summed E-state index contributed by atoms with van der Waals surface area (Å²) in [6.45, 7) is 1.25. The molecule has 12 nitrogen and oxygen atoms in total. The molecule has 0 fully saturated rings. The summed E-state index contributed by atoms with van der Waals surface area (Å²) in [5.74, 6) is -9.66. The predicted molar refractivity (Wildman–Crippen MR) is 119 cm³/mol. The van der Waals surface area contributed by atoms with Crippen molar-refractivity contribution in [1.82, 2.24) is 4.90 Å². The van der Waals surface area contributed by atoms with Gasteiger partial charge in [-0.2, -0.15) is 0 Å². The Hall–Kier alpha value is -3.29. The van der Waals surface area contributed by atoms with Gasteiger partial charge in [-0.3, -0.25) is 19.3 Å². The Balaban J connectivity index is 0.00000167. The maximum absolute atomic E-state index is 13.3. The van der Waals surface area contributed by atoms with Gasteiger partial charge in [-0.05, 0) is 32.6 Å². The van der Waals surface area contributed by atoms with Gasteiger partial charge in [0.1, 0.15) is 22.8 Å². The molecule has 0 saturated heterocycles. The van der Waals surface area contributed by atoms with Gasteiger partial charge in [0.2, 0.25) is 5.78 Å². The number of phenols is 1. The molecule has 6 atom stereocenters. The molecule has 0 aliphatic heterocycles. The second-order valence-corrected chi connectivity index (χ2v) is 9.06. The van der Waals surface area contributed by atoms with Gasteiger partial charge in [-0.1, -0.05) is 12.1 Å². The molecule has 0 heterocycles. The maximum Gasteiger partial charge on any atom is 0.255 e. The van der Waals surface area contributed by atoms with Crippen molar-refractivity contribution in [2.75, 3.05) is 21.2 Å². The number of phenolic OH excluding ortho intramolecular Hbond substituents is 1. The summed E-state index contributed by atoms with van der Waals surface area (Å²) in [5, 5.41) is 73.5. The molecule has 0 aromatic heterocycles. The lowest BCUT2D eigenvalue weighted by Crippen LogP contribution is -2.70. The number of benzene rings is 1. The number of hydrogen-bond donors (Lipinski definition) is 8. The molecule has 1 aromatic rings. The minimum atomic E-state index is -3.02. The van der Waals surface area contributed by atoms with Crippen molar-refractivity contribution >= 4 is 17.5 Å². The third-order valence-electron chi connectivity index (χ3n) is 7.04. The number of aliphatic hydroxyl groups excluding tert-OH is 4. The van der Waals surface area contributed by atoms with E-state index in [2.05, 4.69) is 0 Å². The SMILES string of the molecule is CN(C)[C@@H]1C(O)=C(C(N)=O)C(=O)[C@@]2(O)C(O)=C3C(=O)c4c(O)cccc4[C@@](C)(O)[C@H]3[C@H](O)[C@@H]12.CO. The van der Waals surface area contributed by atoms with Crippen LogP contribution in [-0.2, 0) is 15.2 Å². The van der Waals surface area contributed by atoms with Crippen LogP contribution < -0.4 is 5.73 Å². The number of fused-ring (bicyclic) bond motifs is 3. The number of rotatable bonds is 2. The lowest BCUT2D eigenvalue weighted by atomic mass is 9.54. The first kappa shape index (κ1) is 26.3. The van der Waals surface area contributed by atoms with Crippen LogP contribution in [0.1, 0.15) is 22.8 Å². The van der Waals surface area contributed by atoms with E-state index in [1.165, 1.54) is 44.1 Å². The number of nitrogens with two attached hydrogens (primary N) is 1. The van der Waals surface area contributed by atoms with E-state index in [9.17, 15) is 45.0 Å². The molecule has 0 bridgehead atoms. The van der Waals surface area contributed by atoms with E-state index < -0.39 is 81.1 Å². The number of Topliss-reactive ketones (excluding diaryl/α,β-unsaturated/α-hetero) is 2. The molecule has 1 amide bonds. The molecule has 12 heteroatoms. The first-order chi connectivity index (χ1) is 16.2. The van der Waals surface area contributed by atoms with E-state index in [4.69, 9.17) is 10.8 Å². The fourth-order valence-electron chi connectivity index (χ4n) is 5.60. The van der Waals surface area contributed by atoms with Crippen LogP contribution in [0.2, 0.25) is 0 Å². The smallest absolute Gasteiger partial charge is 0.255 e. The molecule has 0 radical (unpaired) electrons. The van der Waals surface area contributed by atoms with E-state index in [-0.39, 0.29) is 11.1 Å². The molecule has 0 spiro atoms. The van der Waals surface area contributed by atoms with Gasteiger partial charge in [-0.25, -0.2) is 0 Å². The van der Waals surface area contributed by atoms with Crippen molar-refractivity contribution in [1.29, 1.82) is 0 Å². The number of ketones is 2. The van der Waals surface area contributed by atoms with Crippen LogP contribution >= 0.6 is 0 Å². The Bertz CT molecular complexity index is 1180. The van der Waals surface area contributed by atoms with E-state index in [1.54, 1.807) is 0 Å². The first-order valence-electron chi connectivity index (χ1n) is 10.5. The number of nitrogens with zero attached hydrogens (tertiary/aromatic N) is 1. The van der Waals surface area contributed by atoms with Crippen LogP contribution in [0.4, 0.5) is 0 Å². The zero-order valence-electron chi connectivity index (χ0n) is 19.4. The summed E-state index contributed by atoms with van der Waals surface area (Å²) in [5.41, 5.74) is -1.88. The Morgan fingerprint density at radius 1 is 1.09 bits per heavy atom. The van der Waals surface area contributed by atoms with Crippen LogP contribution in [0, 0.1) is 11.8 Å². The van der Waals surface area contributed by atoms with Gasteiger partial charge in [0.05, 0.1) is 40.7 Å². The minimum absolute atomic E-state index is 0.0281. The quantitative estimate of drug-likeness (QED) is 0.219. The molecule has 0 saturated carbocycles. The third kappa shape index (κ3) is 3.22. The summed E-state index contributed by atoms with van der Waals surface area (Å²) in [7, 11) is 3.85. The highest BCUT2D eigenvalue weighted by Gasteiger charge is 2.69. The fourth-order valence-corrected chi connectivity index (χ4v) is 5.60. The van der Waals surface area contributed by atoms with Crippen molar-refractivity contribution in [3.8, 4) is 5.75 Å². The van der Waals surface area contributed by atoms with Crippen LogP contribution in [-0.4, -0.2) is 97.1 Å². The predicted octanol–water partition coefficient (Wildman–Crippen LogP) is -1.64. The monoisotopic (exact) mass is 492 g/mol. The molecular formula is C23H28N2O10. The molecule has 1 aromatic carbocycles. The summed E-state index contributed by atoms with van der Waals surface area (Å²) in [6.07, 6.45) is -1.87. The van der Waals surface area contributed by atoms with Crippen LogP contribution in [0.25, 0.3) is 0 Å². The largest absolute Gasteiger partial charge is 0.510 e. The summed E-state index contributed by atoms with van der Waals surface area (Å²) in [6, 6.07) is 2.54. The summed E-state index contributed by atoms with van der Waals surface area (Å²) >= 11 is 0. The number of amides is 1. The van der Waals surface area contributed by atoms with E-state index >= 15 is 0 Å². The van der Waals surface area contributed by atoms with E-state index in [0.29, 0.717) is 0 Å². The molecule has 35 heavy (non-hydrogen) atoms. The molecule has 3 aliphatic carbocycles. The topological polar surface area (TPSA) is 222 Å². The van der Waals surface area contributed by atoms with Gasteiger partial charge in [0.15, 0.2) is 11.4 Å². The Labute approximate surface area is 199 Å². The molecule has 190 valence electrons. The number of hydrogen-bond acceptors (Lipinski definition) is 11. The number of carbonyl (C=O) groups excluding carboxylic acids is 3. The van der Waals surface area contributed by atoms with Crippen LogP contribution in [0.5, 0.6) is 5.75 Å². The number of likely N-dealkylation sites (N-methyl/N-ethyl adjacent to an activating group) is 1. The average molecular weight is 492 g/mol. The van der Waals surface area contributed by atoms with Gasteiger partial charge in [0, 0.05) is 7.11 Å². The van der Waals surface area contributed by atoms with Crippen LogP contribution in [0.15, 0.2) is 40.9 Å². The maximum atomic E-state index is 13.3.